The van der Waals surface area contributed by atoms with Crippen LogP contribution in [-0.2, 0) is 4.74 Å². The van der Waals surface area contributed by atoms with E-state index >= 15 is 0 Å². The van der Waals surface area contributed by atoms with Crippen molar-refractivity contribution in [3.8, 4) is 11.8 Å². The molecule has 0 spiro atoms. The fourth-order valence-corrected chi connectivity index (χ4v) is 2.29. The molecular weight excluding hydrogens is 327 g/mol. The van der Waals surface area contributed by atoms with Crippen molar-refractivity contribution in [3.63, 3.8) is 0 Å². The Morgan fingerprint density at radius 1 is 1.50 bits per heavy atom. The number of hydrogen-bond acceptors (Lipinski definition) is 4. The lowest BCUT2D eigenvalue weighted by Gasteiger charge is -2.22. The monoisotopic (exact) mass is 343 g/mol. The van der Waals surface area contributed by atoms with Crippen LogP contribution in [0, 0.1) is 11.3 Å². The van der Waals surface area contributed by atoms with E-state index in [2.05, 4.69) is 10.1 Å². The molecule has 1 fully saturated rings. The van der Waals surface area contributed by atoms with Crippen LogP contribution in [0.2, 0.25) is 0 Å². The SMILES string of the molecule is C[C@@H]1CN(C(=O)Nc2ccc(OC(F)(F)F)c(C#N)c2)CCCO1. The molecule has 9 heteroatoms. The second-order valence-electron chi connectivity index (χ2n) is 5.28. The molecule has 6 nitrogen and oxygen atoms in total. The number of amides is 2. The van der Waals surface area contributed by atoms with Gasteiger partial charge in [0.25, 0.3) is 0 Å². The van der Waals surface area contributed by atoms with Gasteiger partial charge >= 0.3 is 12.4 Å². The maximum Gasteiger partial charge on any atom is 0.573 e. The minimum absolute atomic E-state index is 0.101. The highest BCUT2D eigenvalue weighted by molar-refractivity contribution is 5.89. The number of ether oxygens (including phenoxy) is 2. The molecule has 1 aromatic carbocycles. The van der Waals surface area contributed by atoms with Crippen LogP contribution in [-0.4, -0.2) is 43.1 Å². The van der Waals surface area contributed by atoms with Crippen molar-refractivity contribution in [3.05, 3.63) is 23.8 Å². The molecule has 1 aliphatic heterocycles. The summed E-state index contributed by atoms with van der Waals surface area (Å²) in [4.78, 5) is 13.8. The number of benzene rings is 1. The predicted molar refractivity (Wildman–Crippen MR) is 78.5 cm³/mol. The van der Waals surface area contributed by atoms with Crippen molar-refractivity contribution >= 4 is 11.7 Å². The van der Waals surface area contributed by atoms with E-state index in [-0.39, 0.29) is 17.4 Å². The van der Waals surface area contributed by atoms with Crippen LogP contribution in [0.3, 0.4) is 0 Å². The van der Waals surface area contributed by atoms with E-state index in [1.807, 2.05) is 6.92 Å². The third kappa shape index (κ3) is 5.03. The predicted octanol–water partition coefficient (Wildman–Crippen LogP) is 3.10. The van der Waals surface area contributed by atoms with E-state index in [9.17, 15) is 18.0 Å². The summed E-state index contributed by atoms with van der Waals surface area (Å²) >= 11 is 0. The molecular formula is C15H16F3N3O3. The molecule has 0 aromatic heterocycles. The summed E-state index contributed by atoms with van der Waals surface area (Å²) in [5.74, 6) is -0.611. The van der Waals surface area contributed by atoms with Crippen LogP contribution in [0.25, 0.3) is 0 Å². The highest BCUT2D eigenvalue weighted by Gasteiger charge is 2.32. The zero-order valence-electron chi connectivity index (χ0n) is 12.9. The van der Waals surface area contributed by atoms with Gasteiger partial charge in [-0.25, -0.2) is 4.79 Å². The smallest absolute Gasteiger partial charge is 0.404 e. The summed E-state index contributed by atoms with van der Waals surface area (Å²) < 4.78 is 46.0. The molecule has 2 rings (SSSR count). The quantitative estimate of drug-likeness (QED) is 0.895. The van der Waals surface area contributed by atoms with E-state index in [0.29, 0.717) is 26.1 Å². The van der Waals surface area contributed by atoms with Crippen molar-refractivity contribution in [2.75, 3.05) is 25.0 Å². The average Bonchev–Trinajstić information content (AvgIpc) is 2.72. The van der Waals surface area contributed by atoms with Gasteiger partial charge in [-0.05, 0) is 31.5 Å². The Balaban J connectivity index is 2.09. The molecule has 0 aliphatic carbocycles. The van der Waals surface area contributed by atoms with Crippen LogP contribution in [0.4, 0.5) is 23.7 Å². The molecule has 0 unspecified atom stereocenters. The number of rotatable bonds is 2. The van der Waals surface area contributed by atoms with Gasteiger partial charge in [0.15, 0.2) is 0 Å². The highest BCUT2D eigenvalue weighted by atomic mass is 19.4. The molecule has 1 aromatic rings. The highest BCUT2D eigenvalue weighted by Crippen LogP contribution is 2.28. The number of nitriles is 1. The van der Waals surface area contributed by atoms with E-state index < -0.39 is 18.1 Å². The van der Waals surface area contributed by atoms with Gasteiger partial charge in [-0.2, -0.15) is 5.26 Å². The average molecular weight is 343 g/mol. The van der Waals surface area contributed by atoms with Gasteiger partial charge in [-0.3, -0.25) is 0 Å². The molecule has 1 saturated heterocycles. The lowest BCUT2D eigenvalue weighted by atomic mass is 10.2. The topological polar surface area (TPSA) is 74.6 Å². The molecule has 1 atom stereocenters. The molecule has 1 aliphatic rings. The van der Waals surface area contributed by atoms with E-state index in [0.717, 1.165) is 12.1 Å². The Labute approximate surface area is 136 Å². The standard InChI is InChI=1S/C15H16F3N3O3/c1-10-9-21(5-2-6-23-10)14(22)20-12-3-4-13(11(7-12)8-19)24-15(16,17)18/h3-4,7,10H,2,5-6,9H2,1H3,(H,20,22)/t10-/m1/s1. The lowest BCUT2D eigenvalue weighted by molar-refractivity contribution is -0.274. The molecule has 130 valence electrons. The number of urea groups is 1. The summed E-state index contributed by atoms with van der Waals surface area (Å²) in [7, 11) is 0. The van der Waals surface area contributed by atoms with Crippen LogP contribution < -0.4 is 10.1 Å². The Morgan fingerprint density at radius 2 is 2.25 bits per heavy atom. The van der Waals surface area contributed by atoms with Crippen molar-refractivity contribution in [1.29, 1.82) is 5.26 Å². The third-order valence-corrected chi connectivity index (χ3v) is 3.32. The summed E-state index contributed by atoms with van der Waals surface area (Å²) in [6.07, 6.45) is -4.30. The molecule has 1 N–H and O–H groups in total. The fraction of sp³-hybridized carbons (Fsp3) is 0.467. The zero-order valence-corrected chi connectivity index (χ0v) is 12.9. The maximum atomic E-state index is 12.3. The van der Waals surface area contributed by atoms with E-state index in [1.54, 1.807) is 11.0 Å². The summed E-state index contributed by atoms with van der Waals surface area (Å²) in [5, 5.41) is 11.5. The Morgan fingerprint density at radius 3 is 2.92 bits per heavy atom. The summed E-state index contributed by atoms with van der Waals surface area (Å²) in [6, 6.07) is 4.60. The lowest BCUT2D eigenvalue weighted by Crippen LogP contribution is -2.38. The first-order chi connectivity index (χ1) is 11.3. The van der Waals surface area contributed by atoms with E-state index in [1.165, 1.54) is 6.07 Å². The van der Waals surface area contributed by atoms with Crippen LogP contribution >= 0.6 is 0 Å². The van der Waals surface area contributed by atoms with Gasteiger partial charge in [0, 0.05) is 25.4 Å². The fourth-order valence-electron chi connectivity index (χ4n) is 2.29. The van der Waals surface area contributed by atoms with Crippen molar-refractivity contribution < 1.29 is 27.4 Å². The maximum absolute atomic E-state index is 12.3. The van der Waals surface area contributed by atoms with Crippen molar-refractivity contribution in [2.45, 2.75) is 25.8 Å². The Hall–Kier alpha value is -2.47. The van der Waals surface area contributed by atoms with Gasteiger partial charge in [-0.15, -0.1) is 13.2 Å². The first-order valence-corrected chi connectivity index (χ1v) is 7.26. The number of nitrogens with zero attached hydrogens (tertiary/aromatic N) is 2. The molecule has 0 saturated carbocycles. The molecule has 2 amide bonds. The van der Waals surface area contributed by atoms with Crippen molar-refractivity contribution in [2.24, 2.45) is 0 Å². The number of anilines is 1. The normalized spacial score (nSPS) is 18.5. The molecule has 0 radical (unpaired) electrons. The van der Waals surface area contributed by atoms with Crippen LogP contribution in [0.5, 0.6) is 5.75 Å². The zero-order chi connectivity index (χ0) is 17.7. The Bertz CT molecular complexity index is 643. The molecule has 24 heavy (non-hydrogen) atoms. The Kier molecular flexibility index (Phi) is 5.51. The molecule has 1 heterocycles. The van der Waals surface area contributed by atoms with Gasteiger partial charge < -0.3 is 19.7 Å². The molecule has 0 bridgehead atoms. The van der Waals surface area contributed by atoms with Crippen LogP contribution in [0.1, 0.15) is 18.9 Å². The second kappa shape index (κ2) is 7.40. The number of halogens is 3. The number of alkyl halides is 3. The van der Waals surface area contributed by atoms with Gasteiger partial charge in [0.1, 0.15) is 11.8 Å². The third-order valence-electron chi connectivity index (χ3n) is 3.32. The van der Waals surface area contributed by atoms with Crippen molar-refractivity contribution in [1.82, 2.24) is 4.90 Å². The van der Waals surface area contributed by atoms with Gasteiger partial charge in [0.2, 0.25) is 0 Å². The minimum Gasteiger partial charge on any atom is -0.404 e. The van der Waals surface area contributed by atoms with Gasteiger partial charge in [-0.1, -0.05) is 0 Å². The second-order valence-corrected chi connectivity index (χ2v) is 5.28. The first-order valence-electron chi connectivity index (χ1n) is 7.26. The summed E-state index contributed by atoms with van der Waals surface area (Å²) in [6.45, 7) is 3.33. The van der Waals surface area contributed by atoms with E-state index in [4.69, 9.17) is 10.00 Å². The minimum atomic E-state index is -4.89. The number of hydrogen-bond donors (Lipinski definition) is 1. The number of carbonyl (C=O) groups excluding carboxylic acids is 1. The van der Waals surface area contributed by atoms with Gasteiger partial charge in [0.05, 0.1) is 11.7 Å². The number of carbonyl (C=O) groups is 1. The largest absolute Gasteiger partial charge is 0.573 e. The first kappa shape index (κ1) is 17.9. The van der Waals surface area contributed by atoms with Crippen LogP contribution in [0.15, 0.2) is 18.2 Å². The number of nitrogens with one attached hydrogen (secondary N) is 1. The summed E-state index contributed by atoms with van der Waals surface area (Å²) in [5.41, 5.74) is -0.110.